The number of hydrogen-bond donors (Lipinski definition) is 1. The van der Waals surface area contributed by atoms with Gasteiger partial charge in [-0.25, -0.2) is 4.68 Å². The zero-order valence-electron chi connectivity index (χ0n) is 11.4. The summed E-state index contributed by atoms with van der Waals surface area (Å²) in [5.41, 5.74) is 1.07. The standard InChI is InChI=1S/C14H18N4O2/c1-2-20-11-13(19)10-18-14(15-16-17-18)9-8-12-6-4-3-5-7-12/h3-9,13,19H,2,10-11H2,1H3. The van der Waals surface area contributed by atoms with Crippen LogP contribution in [0.1, 0.15) is 18.3 Å². The first kappa shape index (κ1) is 14.4. The second-order valence-corrected chi connectivity index (χ2v) is 4.28. The zero-order chi connectivity index (χ0) is 14.2. The van der Waals surface area contributed by atoms with Crippen molar-refractivity contribution in [1.82, 2.24) is 20.2 Å². The molecule has 0 saturated heterocycles. The van der Waals surface area contributed by atoms with Gasteiger partial charge in [0.05, 0.1) is 19.3 Å². The third-order valence-corrected chi connectivity index (χ3v) is 2.68. The maximum Gasteiger partial charge on any atom is 0.174 e. The molecule has 0 radical (unpaired) electrons. The van der Waals surface area contributed by atoms with E-state index in [0.29, 0.717) is 19.0 Å². The number of aromatic nitrogens is 4. The molecule has 0 saturated carbocycles. The van der Waals surface area contributed by atoms with E-state index in [0.717, 1.165) is 5.56 Å². The first-order valence-corrected chi connectivity index (χ1v) is 6.54. The summed E-state index contributed by atoms with van der Waals surface area (Å²) >= 11 is 0. The van der Waals surface area contributed by atoms with Gasteiger partial charge in [0.1, 0.15) is 0 Å². The van der Waals surface area contributed by atoms with Crippen LogP contribution in [0.2, 0.25) is 0 Å². The lowest BCUT2D eigenvalue weighted by molar-refractivity contribution is 0.0312. The zero-order valence-corrected chi connectivity index (χ0v) is 11.4. The molecule has 2 aromatic rings. The van der Waals surface area contributed by atoms with Crippen molar-refractivity contribution in [2.24, 2.45) is 0 Å². The Balaban J connectivity index is 2.00. The smallest absolute Gasteiger partial charge is 0.174 e. The Morgan fingerprint density at radius 3 is 2.85 bits per heavy atom. The molecule has 0 aliphatic rings. The van der Waals surface area contributed by atoms with E-state index in [9.17, 15) is 5.11 Å². The molecule has 1 heterocycles. The number of nitrogens with zero attached hydrogens (tertiary/aromatic N) is 4. The molecular formula is C14H18N4O2. The van der Waals surface area contributed by atoms with Crippen LogP contribution in [0.25, 0.3) is 12.2 Å². The van der Waals surface area contributed by atoms with Gasteiger partial charge in [0.25, 0.3) is 0 Å². The highest BCUT2D eigenvalue weighted by Crippen LogP contribution is 2.05. The minimum absolute atomic E-state index is 0.276. The second-order valence-electron chi connectivity index (χ2n) is 4.28. The van der Waals surface area contributed by atoms with Gasteiger partial charge in [-0.15, -0.1) is 5.10 Å². The fourth-order valence-corrected chi connectivity index (χ4v) is 1.70. The van der Waals surface area contributed by atoms with Crippen molar-refractivity contribution in [3.05, 3.63) is 41.7 Å². The Morgan fingerprint density at radius 1 is 1.30 bits per heavy atom. The number of ether oxygens (including phenoxy) is 1. The van der Waals surface area contributed by atoms with Crippen LogP contribution in [0.4, 0.5) is 0 Å². The lowest BCUT2D eigenvalue weighted by Crippen LogP contribution is -2.23. The monoisotopic (exact) mass is 274 g/mol. The van der Waals surface area contributed by atoms with Crippen LogP contribution in [0, 0.1) is 0 Å². The molecule has 2 rings (SSSR count). The van der Waals surface area contributed by atoms with E-state index in [1.807, 2.05) is 49.4 Å². The molecule has 0 aliphatic heterocycles. The van der Waals surface area contributed by atoms with E-state index in [1.54, 1.807) is 4.68 Å². The fourth-order valence-electron chi connectivity index (χ4n) is 1.70. The summed E-state index contributed by atoms with van der Waals surface area (Å²) in [5.74, 6) is 0.601. The quantitative estimate of drug-likeness (QED) is 0.822. The molecule has 0 amide bonds. The summed E-state index contributed by atoms with van der Waals surface area (Å²) in [6.07, 6.45) is 3.13. The summed E-state index contributed by atoms with van der Waals surface area (Å²) < 4.78 is 6.72. The van der Waals surface area contributed by atoms with Crippen LogP contribution in [0.15, 0.2) is 30.3 Å². The predicted octanol–water partition coefficient (Wildman–Crippen LogP) is 1.24. The average Bonchev–Trinajstić information content (AvgIpc) is 2.91. The first-order chi connectivity index (χ1) is 9.79. The molecule has 6 nitrogen and oxygen atoms in total. The molecule has 0 bridgehead atoms. The highest BCUT2D eigenvalue weighted by molar-refractivity contribution is 5.66. The van der Waals surface area contributed by atoms with Gasteiger partial charge in [-0.3, -0.25) is 0 Å². The van der Waals surface area contributed by atoms with E-state index < -0.39 is 6.10 Å². The Kier molecular flexibility index (Phi) is 5.40. The van der Waals surface area contributed by atoms with Crippen LogP contribution < -0.4 is 0 Å². The SMILES string of the molecule is CCOCC(O)Cn1nnnc1C=Cc1ccccc1. The van der Waals surface area contributed by atoms with Crippen LogP contribution in [0.5, 0.6) is 0 Å². The van der Waals surface area contributed by atoms with Crippen molar-refractivity contribution >= 4 is 12.2 Å². The summed E-state index contributed by atoms with van der Waals surface area (Å²) in [6.45, 7) is 3.05. The minimum atomic E-state index is -0.623. The summed E-state index contributed by atoms with van der Waals surface area (Å²) in [6, 6.07) is 9.89. The van der Waals surface area contributed by atoms with E-state index in [2.05, 4.69) is 15.5 Å². The van der Waals surface area contributed by atoms with Gasteiger partial charge in [0.15, 0.2) is 5.82 Å². The van der Waals surface area contributed by atoms with Crippen molar-refractivity contribution < 1.29 is 9.84 Å². The number of tetrazole rings is 1. The molecule has 1 unspecified atom stereocenters. The third kappa shape index (κ3) is 4.25. The lowest BCUT2D eigenvalue weighted by atomic mass is 10.2. The average molecular weight is 274 g/mol. The number of aliphatic hydroxyl groups excluding tert-OH is 1. The maximum atomic E-state index is 9.80. The van der Waals surface area contributed by atoms with Gasteiger partial charge in [0.2, 0.25) is 0 Å². The Bertz CT molecular complexity index is 539. The lowest BCUT2D eigenvalue weighted by Gasteiger charge is -2.10. The van der Waals surface area contributed by atoms with Gasteiger partial charge in [-0.2, -0.15) is 0 Å². The van der Waals surface area contributed by atoms with Gasteiger partial charge >= 0.3 is 0 Å². The van der Waals surface area contributed by atoms with Gasteiger partial charge in [0, 0.05) is 6.61 Å². The molecule has 0 aliphatic carbocycles. The van der Waals surface area contributed by atoms with Crippen molar-refractivity contribution in [3.63, 3.8) is 0 Å². The Hall–Kier alpha value is -2.05. The minimum Gasteiger partial charge on any atom is -0.389 e. The largest absolute Gasteiger partial charge is 0.389 e. The highest BCUT2D eigenvalue weighted by Gasteiger charge is 2.09. The van der Waals surface area contributed by atoms with Gasteiger partial charge in [-0.05, 0) is 29.0 Å². The van der Waals surface area contributed by atoms with E-state index >= 15 is 0 Å². The molecule has 0 fully saturated rings. The van der Waals surface area contributed by atoms with Crippen molar-refractivity contribution in [3.8, 4) is 0 Å². The fraction of sp³-hybridized carbons (Fsp3) is 0.357. The predicted molar refractivity (Wildman–Crippen MR) is 75.7 cm³/mol. The molecular weight excluding hydrogens is 256 g/mol. The van der Waals surface area contributed by atoms with Gasteiger partial charge < -0.3 is 9.84 Å². The number of benzene rings is 1. The van der Waals surface area contributed by atoms with Gasteiger partial charge in [-0.1, -0.05) is 36.4 Å². The Labute approximate surface area is 117 Å². The maximum absolute atomic E-state index is 9.80. The number of hydrogen-bond acceptors (Lipinski definition) is 5. The van der Waals surface area contributed by atoms with E-state index in [-0.39, 0.29) is 6.61 Å². The topological polar surface area (TPSA) is 73.1 Å². The second kappa shape index (κ2) is 7.52. The number of aliphatic hydroxyl groups is 1. The van der Waals surface area contributed by atoms with Crippen LogP contribution in [-0.4, -0.2) is 44.6 Å². The van der Waals surface area contributed by atoms with Crippen molar-refractivity contribution in [2.75, 3.05) is 13.2 Å². The molecule has 1 aromatic carbocycles. The van der Waals surface area contributed by atoms with Crippen LogP contribution in [-0.2, 0) is 11.3 Å². The van der Waals surface area contributed by atoms with Crippen molar-refractivity contribution in [1.29, 1.82) is 0 Å². The van der Waals surface area contributed by atoms with Crippen LogP contribution in [0.3, 0.4) is 0 Å². The Morgan fingerprint density at radius 2 is 2.10 bits per heavy atom. The molecule has 0 spiro atoms. The summed E-state index contributed by atoms with van der Waals surface area (Å²) in [7, 11) is 0. The first-order valence-electron chi connectivity index (χ1n) is 6.54. The molecule has 6 heteroatoms. The summed E-state index contributed by atoms with van der Waals surface area (Å²) in [4.78, 5) is 0. The van der Waals surface area contributed by atoms with E-state index in [4.69, 9.17) is 4.74 Å². The number of rotatable bonds is 7. The molecule has 1 aromatic heterocycles. The molecule has 1 N–H and O–H groups in total. The highest BCUT2D eigenvalue weighted by atomic mass is 16.5. The summed E-state index contributed by atoms with van der Waals surface area (Å²) in [5, 5.41) is 21.2. The van der Waals surface area contributed by atoms with Crippen LogP contribution >= 0.6 is 0 Å². The molecule has 20 heavy (non-hydrogen) atoms. The normalized spacial score (nSPS) is 12.9. The third-order valence-electron chi connectivity index (χ3n) is 2.68. The van der Waals surface area contributed by atoms with E-state index in [1.165, 1.54) is 0 Å². The molecule has 1 atom stereocenters. The van der Waals surface area contributed by atoms with Crippen molar-refractivity contribution in [2.45, 2.75) is 19.6 Å². The molecule has 106 valence electrons.